The molecule has 0 spiro atoms. The number of nitro groups is 1. The van der Waals surface area contributed by atoms with E-state index < -0.39 is 27.8 Å². The molecule has 2 heterocycles. The lowest BCUT2D eigenvalue weighted by Gasteiger charge is -2.36. The number of nitrogens with one attached hydrogen (secondary N) is 1. The molecule has 0 aromatic heterocycles. The van der Waals surface area contributed by atoms with Crippen LogP contribution in [0, 0.1) is 10.1 Å². The molecule has 2 aliphatic rings. The van der Waals surface area contributed by atoms with Crippen LogP contribution in [-0.2, 0) is 15.8 Å². The second-order valence-electron chi connectivity index (χ2n) is 7.62. The highest BCUT2D eigenvalue weighted by atomic mass is 32.2. The largest absolute Gasteiger partial charge is 0.416 e. The lowest BCUT2D eigenvalue weighted by Crippen LogP contribution is -2.50. The maximum atomic E-state index is 12.9. The Morgan fingerprint density at radius 1 is 1.15 bits per heavy atom. The number of carbonyl (C=O) groups is 2. The lowest BCUT2D eigenvalue weighted by atomic mass is 10.1. The molecule has 174 valence electrons. The Morgan fingerprint density at radius 2 is 1.85 bits per heavy atom. The quantitative estimate of drug-likeness (QED) is 0.529. The van der Waals surface area contributed by atoms with E-state index >= 15 is 0 Å². The Labute approximate surface area is 190 Å². The van der Waals surface area contributed by atoms with Gasteiger partial charge < -0.3 is 15.1 Å². The predicted molar refractivity (Wildman–Crippen MR) is 116 cm³/mol. The van der Waals surface area contributed by atoms with Crippen molar-refractivity contribution in [2.45, 2.75) is 22.7 Å². The molecule has 0 aliphatic carbocycles. The van der Waals surface area contributed by atoms with Gasteiger partial charge in [0.05, 0.1) is 21.4 Å². The summed E-state index contributed by atoms with van der Waals surface area (Å²) in [5, 5.41) is 13.0. The average molecular weight is 480 g/mol. The number of halogens is 3. The third-order valence-electron chi connectivity index (χ3n) is 5.54. The summed E-state index contributed by atoms with van der Waals surface area (Å²) in [6, 6.07) is 9.54. The first-order chi connectivity index (χ1) is 15.6. The van der Waals surface area contributed by atoms with Crippen LogP contribution in [0.2, 0.25) is 0 Å². The van der Waals surface area contributed by atoms with E-state index in [4.69, 9.17) is 0 Å². The van der Waals surface area contributed by atoms with Gasteiger partial charge in [0.1, 0.15) is 5.69 Å². The highest BCUT2D eigenvalue weighted by molar-refractivity contribution is 8.01. The molecule has 4 rings (SSSR count). The number of piperazine rings is 1. The van der Waals surface area contributed by atoms with E-state index in [1.165, 1.54) is 12.1 Å². The van der Waals surface area contributed by atoms with Gasteiger partial charge in [-0.15, -0.1) is 11.8 Å². The molecule has 0 saturated carbocycles. The molecule has 1 unspecified atom stereocenters. The summed E-state index contributed by atoms with van der Waals surface area (Å²) in [6.07, 6.45) is -4.61. The van der Waals surface area contributed by atoms with Crippen molar-refractivity contribution < 1.29 is 27.7 Å². The summed E-state index contributed by atoms with van der Waals surface area (Å²) in [5.74, 6) is -0.765. The fourth-order valence-electron chi connectivity index (χ4n) is 3.83. The van der Waals surface area contributed by atoms with Gasteiger partial charge in [0.2, 0.25) is 11.8 Å². The Kier molecular flexibility index (Phi) is 6.19. The first kappa shape index (κ1) is 22.9. The van der Waals surface area contributed by atoms with E-state index in [0.29, 0.717) is 36.8 Å². The fraction of sp³-hybridized carbons (Fsp3) is 0.333. The number of fused-ring (bicyclic) bond motifs is 1. The minimum Gasteiger partial charge on any atom is -0.362 e. The van der Waals surface area contributed by atoms with Crippen LogP contribution in [-0.4, -0.2) is 53.1 Å². The molecule has 2 aromatic carbocycles. The van der Waals surface area contributed by atoms with Crippen LogP contribution in [0.3, 0.4) is 0 Å². The van der Waals surface area contributed by atoms with Crippen LogP contribution in [0.1, 0.15) is 12.0 Å². The van der Waals surface area contributed by atoms with Gasteiger partial charge in [0.25, 0.3) is 5.69 Å². The minimum absolute atomic E-state index is 0.0000935. The molecule has 2 amide bonds. The molecule has 12 heteroatoms. The van der Waals surface area contributed by atoms with E-state index in [-0.39, 0.29) is 23.7 Å². The fourth-order valence-corrected chi connectivity index (χ4v) is 4.91. The van der Waals surface area contributed by atoms with Gasteiger partial charge in [0.15, 0.2) is 0 Å². The Balaban J connectivity index is 1.37. The molecule has 33 heavy (non-hydrogen) atoms. The molecular weight excluding hydrogens is 461 g/mol. The number of thioether (sulfide) groups is 1. The van der Waals surface area contributed by atoms with Crippen LogP contribution in [0.25, 0.3) is 0 Å². The van der Waals surface area contributed by atoms with Crippen LogP contribution in [0.4, 0.5) is 30.2 Å². The van der Waals surface area contributed by atoms with Crippen molar-refractivity contribution in [1.82, 2.24) is 4.90 Å². The normalized spacial score (nSPS) is 18.5. The van der Waals surface area contributed by atoms with Crippen molar-refractivity contribution in [3.8, 4) is 0 Å². The zero-order valence-electron chi connectivity index (χ0n) is 17.2. The van der Waals surface area contributed by atoms with Crippen LogP contribution >= 0.6 is 11.8 Å². The molecule has 1 N–H and O–H groups in total. The number of rotatable bonds is 4. The number of hydrogen-bond acceptors (Lipinski definition) is 6. The number of hydrogen-bond donors (Lipinski definition) is 1. The topological polar surface area (TPSA) is 95.8 Å². The van der Waals surface area contributed by atoms with E-state index in [1.54, 1.807) is 23.1 Å². The van der Waals surface area contributed by atoms with Gasteiger partial charge in [-0.3, -0.25) is 19.7 Å². The average Bonchev–Trinajstić information content (AvgIpc) is 2.78. The van der Waals surface area contributed by atoms with Crippen molar-refractivity contribution in [3.63, 3.8) is 0 Å². The molecule has 2 aromatic rings. The number of nitro benzene ring substituents is 1. The second kappa shape index (κ2) is 8.93. The zero-order valence-corrected chi connectivity index (χ0v) is 18.0. The van der Waals surface area contributed by atoms with Gasteiger partial charge >= 0.3 is 6.18 Å². The molecule has 1 atom stereocenters. The maximum Gasteiger partial charge on any atom is 0.416 e. The number of nitrogens with zero attached hydrogens (tertiary/aromatic N) is 3. The SMILES string of the molecule is O=C1Nc2cc(C(F)(F)F)ccc2SC1CC(=O)N1CCN(c2ccccc2[N+](=O)[O-])CC1. The van der Waals surface area contributed by atoms with Gasteiger partial charge in [-0.2, -0.15) is 13.2 Å². The Morgan fingerprint density at radius 3 is 2.52 bits per heavy atom. The van der Waals surface area contributed by atoms with Crippen LogP contribution in [0.15, 0.2) is 47.4 Å². The number of para-hydroxylation sites is 2. The standard InChI is InChI=1S/C21H19F3N4O4S/c22-21(23,24)13-5-6-17-14(11-13)25-20(30)18(33-17)12-19(29)27-9-7-26(8-10-27)15-3-1-2-4-16(15)28(31)32/h1-6,11,18H,7-10,12H2,(H,25,30). The highest BCUT2D eigenvalue weighted by Crippen LogP contribution is 2.40. The van der Waals surface area contributed by atoms with Crippen molar-refractivity contribution >= 4 is 40.6 Å². The number of amides is 2. The van der Waals surface area contributed by atoms with Crippen molar-refractivity contribution in [1.29, 1.82) is 0 Å². The molecule has 1 fully saturated rings. The van der Waals surface area contributed by atoms with Crippen molar-refractivity contribution in [2.24, 2.45) is 0 Å². The van der Waals surface area contributed by atoms with E-state index in [2.05, 4.69) is 5.32 Å². The van der Waals surface area contributed by atoms with Crippen molar-refractivity contribution in [3.05, 3.63) is 58.1 Å². The van der Waals surface area contributed by atoms with Gasteiger partial charge in [-0.25, -0.2) is 0 Å². The van der Waals surface area contributed by atoms with E-state index in [0.717, 1.165) is 23.9 Å². The number of benzene rings is 2. The van der Waals surface area contributed by atoms with E-state index in [9.17, 15) is 32.9 Å². The summed E-state index contributed by atoms with van der Waals surface area (Å²) in [5.41, 5.74) is -0.277. The summed E-state index contributed by atoms with van der Waals surface area (Å²) in [6.45, 7) is 1.50. The first-order valence-corrected chi connectivity index (χ1v) is 11.0. The Bertz CT molecular complexity index is 1100. The summed E-state index contributed by atoms with van der Waals surface area (Å²) >= 11 is 1.07. The van der Waals surface area contributed by atoms with Gasteiger partial charge in [0, 0.05) is 43.6 Å². The first-order valence-electron chi connectivity index (χ1n) is 10.1. The second-order valence-corrected chi connectivity index (χ2v) is 8.87. The molecule has 1 saturated heterocycles. The maximum absolute atomic E-state index is 12.9. The minimum atomic E-state index is -4.51. The molecule has 2 aliphatic heterocycles. The van der Waals surface area contributed by atoms with Gasteiger partial charge in [-0.1, -0.05) is 12.1 Å². The summed E-state index contributed by atoms with van der Waals surface area (Å²) in [7, 11) is 0. The van der Waals surface area contributed by atoms with Gasteiger partial charge in [-0.05, 0) is 24.3 Å². The molecule has 8 nitrogen and oxygen atoms in total. The third kappa shape index (κ3) is 4.90. The van der Waals surface area contributed by atoms with Crippen LogP contribution in [0.5, 0.6) is 0 Å². The summed E-state index contributed by atoms with van der Waals surface area (Å²) < 4.78 is 38.7. The van der Waals surface area contributed by atoms with E-state index in [1.807, 2.05) is 4.90 Å². The number of anilines is 2. The Hall–Kier alpha value is -3.28. The molecule has 0 bridgehead atoms. The predicted octanol–water partition coefficient (Wildman–Crippen LogP) is 3.77. The van der Waals surface area contributed by atoms with Crippen molar-refractivity contribution in [2.75, 3.05) is 36.4 Å². The zero-order chi connectivity index (χ0) is 23.8. The molecular formula is C21H19F3N4O4S. The third-order valence-corrected chi connectivity index (χ3v) is 6.81. The van der Waals surface area contributed by atoms with Crippen LogP contribution < -0.4 is 10.2 Å². The summed E-state index contributed by atoms with van der Waals surface area (Å²) in [4.78, 5) is 39.9. The number of carbonyl (C=O) groups excluding carboxylic acids is 2. The lowest BCUT2D eigenvalue weighted by molar-refractivity contribution is -0.384. The molecule has 0 radical (unpaired) electrons. The monoisotopic (exact) mass is 480 g/mol. The number of alkyl halides is 3. The smallest absolute Gasteiger partial charge is 0.362 e. The highest BCUT2D eigenvalue weighted by Gasteiger charge is 2.35.